The Labute approximate surface area is 194 Å². The Morgan fingerprint density at radius 3 is 2.18 bits per heavy atom. The van der Waals surface area contributed by atoms with Crippen LogP contribution in [0, 0.1) is 0 Å². The van der Waals surface area contributed by atoms with Crippen molar-refractivity contribution in [3.63, 3.8) is 0 Å². The summed E-state index contributed by atoms with van der Waals surface area (Å²) in [6, 6.07) is 3.25. The summed E-state index contributed by atoms with van der Waals surface area (Å²) in [7, 11) is 0. The van der Waals surface area contributed by atoms with Crippen LogP contribution in [0.15, 0.2) is 34.9 Å². The van der Waals surface area contributed by atoms with E-state index < -0.39 is 54.8 Å². The Kier molecular flexibility index (Phi) is 8.70. The molecule has 1 aromatic carbocycles. The number of benzene rings is 1. The van der Waals surface area contributed by atoms with Crippen molar-refractivity contribution >= 4 is 29.6 Å². The minimum absolute atomic E-state index is 0.0742. The first-order valence-electron chi connectivity index (χ1n) is 10.0. The van der Waals surface area contributed by atoms with E-state index in [1.54, 1.807) is 45.0 Å². The van der Waals surface area contributed by atoms with E-state index in [-0.39, 0.29) is 11.6 Å². The van der Waals surface area contributed by atoms with Gasteiger partial charge in [0.15, 0.2) is 5.69 Å². The number of hydrogen-bond acceptors (Lipinski definition) is 9. The smallest absolute Gasteiger partial charge is 0.412 e. The third-order valence-corrected chi connectivity index (χ3v) is 4.12. The summed E-state index contributed by atoms with van der Waals surface area (Å²) in [6.07, 6.45) is 0.420. The molecule has 0 spiro atoms. The van der Waals surface area contributed by atoms with Crippen molar-refractivity contribution in [3.8, 4) is 11.5 Å². The average Bonchev–Trinajstić information content (AvgIpc) is 3.24. The summed E-state index contributed by atoms with van der Waals surface area (Å²) >= 11 is 0. The molecule has 184 valence electrons. The summed E-state index contributed by atoms with van der Waals surface area (Å²) < 4.78 is 10.5. The summed E-state index contributed by atoms with van der Waals surface area (Å²) in [6.45, 7) is 3.52. The molecule has 2 rings (SSSR count). The van der Waals surface area contributed by atoms with Gasteiger partial charge >= 0.3 is 12.1 Å². The molecule has 0 aliphatic rings. The van der Waals surface area contributed by atoms with Gasteiger partial charge in [0.1, 0.15) is 23.9 Å². The molecule has 0 bridgehead atoms. The molecule has 0 aliphatic heterocycles. The van der Waals surface area contributed by atoms with Crippen LogP contribution in [0.3, 0.4) is 0 Å². The molecule has 2 aromatic rings. The fraction of sp³-hybridized carbons (Fsp3) is 0.381. The van der Waals surface area contributed by atoms with Crippen LogP contribution in [-0.2, 0) is 14.3 Å². The summed E-state index contributed by atoms with van der Waals surface area (Å²) in [5.41, 5.74) is 0.0968. The number of nitrogens with one attached hydrogen (secondary N) is 3. The van der Waals surface area contributed by atoms with E-state index in [1.807, 2.05) is 5.32 Å². The molecule has 0 radical (unpaired) electrons. The normalized spacial score (nSPS) is 12.9. The van der Waals surface area contributed by atoms with Crippen LogP contribution >= 0.6 is 0 Å². The number of aliphatic hydroxyl groups is 2. The summed E-state index contributed by atoms with van der Waals surface area (Å²) in [5.74, 6) is -3.27. The van der Waals surface area contributed by atoms with E-state index in [2.05, 4.69) is 15.6 Å². The number of hydrogen-bond donors (Lipinski definition) is 6. The lowest BCUT2D eigenvalue weighted by atomic mass is 10.2. The van der Waals surface area contributed by atoms with Crippen molar-refractivity contribution in [3.05, 3.63) is 36.2 Å². The van der Waals surface area contributed by atoms with Crippen molar-refractivity contribution in [1.82, 2.24) is 15.6 Å². The number of amides is 3. The molecule has 0 aliphatic carbocycles. The third kappa shape index (κ3) is 7.56. The van der Waals surface area contributed by atoms with Crippen molar-refractivity contribution in [2.24, 2.45) is 0 Å². The largest absolute Gasteiger partial charge is 0.480 e. The lowest BCUT2D eigenvalue weighted by molar-refractivity contribution is -0.143. The van der Waals surface area contributed by atoms with Crippen molar-refractivity contribution in [2.75, 3.05) is 18.5 Å². The van der Waals surface area contributed by atoms with Crippen LogP contribution in [0.5, 0.6) is 0 Å². The first-order chi connectivity index (χ1) is 15.9. The van der Waals surface area contributed by atoms with Crippen molar-refractivity contribution in [2.45, 2.75) is 38.5 Å². The summed E-state index contributed by atoms with van der Waals surface area (Å²) in [4.78, 5) is 51.3. The number of carbonyl (C=O) groups is 4. The molecule has 0 fully saturated rings. The predicted octanol–water partition coefficient (Wildman–Crippen LogP) is 0.341. The van der Waals surface area contributed by atoms with E-state index in [1.165, 1.54) is 0 Å². The number of aliphatic carboxylic acids is 1. The van der Waals surface area contributed by atoms with Gasteiger partial charge in [-0.2, -0.15) is 0 Å². The number of anilines is 1. The zero-order valence-corrected chi connectivity index (χ0v) is 18.7. The van der Waals surface area contributed by atoms with E-state index in [0.717, 1.165) is 6.26 Å². The molecular formula is C21H26N4O9. The van der Waals surface area contributed by atoms with Gasteiger partial charge in [-0.05, 0) is 45.0 Å². The second-order valence-electron chi connectivity index (χ2n) is 8.03. The second-order valence-corrected chi connectivity index (χ2v) is 8.03. The highest BCUT2D eigenvalue weighted by atomic mass is 16.6. The molecule has 0 saturated carbocycles. The molecule has 13 nitrogen and oxygen atoms in total. The molecule has 3 amide bonds. The Balaban J connectivity index is 2.02. The fourth-order valence-electron chi connectivity index (χ4n) is 2.51. The van der Waals surface area contributed by atoms with Crippen LogP contribution in [0.25, 0.3) is 11.5 Å². The Morgan fingerprint density at radius 1 is 1.03 bits per heavy atom. The van der Waals surface area contributed by atoms with Crippen molar-refractivity contribution < 1.29 is 43.7 Å². The number of carboxylic acids is 1. The zero-order valence-electron chi connectivity index (χ0n) is 18.7. The Morgan fingerprint density at radius 2 is 1.65 bits per heavy atom. The number of carboxylic acid groups (broad SMARTS) is 1. The fourth-order valence-corrected chi connectivity index (χ4v) is 2.51. The van der Waals surface area contributed by atoms with Gasteiger partial charge in [0.05, 0.1) is 13.2 Å². The van der Waals surface area contributed by atoms with Crippen molar-refractivity contribution in [1.29, 1.82) is 0 Å². The standard InChI is InChI=1S/C21H26N4O9/c1-21(2,3)34-20(32)22-12-6-4-11(5-7-12)18-25-15(10-33-18)17(29)23-13(8-26)16(28)24-14(9-27)19(30)31/h4-7,10,13-14,26-27H,8-9H2,1-3H3,(H,22,32)(H,23,29)(H,24,28)(H,30,31). The first kappa shape index (κ1) is 26.3. The van der Waals surface area contributed by atoms with Gasteiger partial charge in [-0.1, -0.05) is 0 Å². The molecule has 2 unspecified atom stereocenters. The second kappa shape index (κ2) is 11.2. The van der Waals surface area contributed by atoms with Crippen LogP contribution < -0.4 is 16.0 Å². The zero-order chi connectivity index (χ0) is 25.5. The van der Waals surface area contributed by atoms with Gasteiger partial charge in [-0.15, -0.1) is 0 Å². The van der Waals surface area contributed by atoms with Crippen LogP contribution in [0.2, 0.25) is 0 Å². The van der Waals surface area contributed by atoms with Gasteiger partial charge in [0.2, 0.25) is 11.8 Å². The number of rotatable bonds is 9. The molecule has 34 heavy (non-hydrogen) atoms. The number of carbonyl (C=O) groups excluding carboxylic acids is 3. The summed E-state index contributed by atoms with van der Waals surface area (Å²) in [5, 5.41) is 34.0. The van der Waals surface area contributed by atoms with Gasteiger partial charge < -0.3 is 35.1 Å². The maximum Gasteiger partial charge on any atom is 0.412 e. The number of oxazole rings is 1. The third-order valence-electron chi connectivity index (χ3n) is 4.12. The molecule has 1 heterocycles. The number of ether oxygens (including phenoxy) is 1. The van der Waals surface area contributed by atoms with E-state index in [4.69, 9.17) is 19.4 Å². The SMILES string of the molecule is CC(C)(C)OC(=O)Nc1ccc(-c2nc(C(=O)NC(CO)C(=O)NC(CO)C(=O)O)co2)cc1. The minimum Gasteiger partial charge on any atom is -0.480 e. The van der Waals surface area contributed by atoms with E-state index in [0.29, 0.717) is 11.3 Å². The van der Waals surface area contributed by atoms with Gasteiger partial charge in [-0.25, -0.2) is 14.6 Å². The maximum atomic E-state index is 12.4. The number of nitrogens with zero attached hydrogens (tertiary/aromatic N) is 1. The first-order valence-corrected chi connectivity index (χ1v) is 10.0. The molecule has 13 heteroatoms. The monoisotopic (exact) mass is 478 g/mol. The highest BCUT2D eigenvalue weighted by Crippen LogP contribution is 2.21. The number of aliphatic hydroxyl groups excluding tert-OH is 2. The quantitative estimate of drug-likeness (QED) is 0.292. The Bertz CT molecular complexity index is 1030. The number of aromatic nitrogens is 1. The Hall–Kier alpha value is -3.97. The molecule has 1 aromatic heterocycles. The van der Waals surface area contributed by atoms with Gasteiger partial charge in [0.25, 0.3) is 5.91 Å². The minimum atomic E-state index is -1.59. The van der Waals surface area contributed by atoms with Crippen LogP contribution in [0.4, 0.5) is 10.5 Å². The van der Waals surface area contributed by atoms with Crippen LogP contribution in [-0.4, -0.2) is 75.1 Å². The molecule has 6 N–H and O–H groups in total. The average molecular weight is 478 g/mol. The highest BCUT2D eigenvalue weighted by Gasteiger charge is 2.27. The van der Waals surface area contributed by atoms with Gasteiger partial charge in [-0.3, -0.25) is 14.9 Å². The topological polar surface area (TPSA) is 200 Å². The molecular weight excluding hydrogens is 452 g/mol. The van der Waals surface area contributed by atoms with E-state index in [9.17, 15) is 24.3 Å². The molecule has 0 saturated heterocycles. The van der Waals surface area contributed by atoms with Gasteiger partial charge in [0, 0.05) is 11.3 Å². The van der Waals surface area contributed by atoms with Crippen LogP contribution in [0.1, 0.15) is 31.3 Å². The molecule has 2 atom stereocenters. The predicted molar refractivity (Wildman–Crippen MR) is 117 cm³/mol. The lowest BCUT2D eigenvalue weighted by Gasteiger charge is -2.19. The highest BCUT2D eigenvalue weighted by molar-refractivity contribution is 5.97. The maximum absolute atomic E-state index is 12.4. The van der Waals surface area contributed by atoms with E-state index >= 15 is 0 Å². The lowest BCUT2D eigenvalue weighted by Crippen LogP contribution is -2.54.